The molecule has 0 atom stereocenters. The van der Waals surface area contributed by atoms with Gasteiger partial charge in [-0.25, -0.2) is 12.8 Å². The van der Waals surface area contributed by atoms with Crippen LogP contribution < -0.4 is 9.80 Å². The van der Waals surface area contributed by atoms with Crippen LogP contribution in [0, 0.1) is 5.82 Å². The van der Waals surface area contributed by atoms with Gasteiger partial charge in [0.25, 0.3) is 0 Å². The number of sulfone groups is 1. The van der Waals surface area contributed by atoms with Gasteiger partial charge in [-0.1, -0.05) is 36.4 Å². The molecule has 4 aromatic rings. The van der Waals surface area contributed by atoms with Gasteiger partial charge in [-0.05, 0) is 48.5 Å². The van der Waals surface area contributed by atoms with Gasteiger partial charge < -0.3 is 14.2 Å². The lowest BCUT2D eigenvalue weighted by atomic mass is 10.2. The Bertz CT molecular complexity index is 1330. The standard InChI is InChI=1S/C25H22FN3O3S/c26-20-11-13-22(14-12-20)33(30,31)24-25(32-23(27-24)19-7-3-1-4-8-19)29-17-15-28(16-18-29)21-9-5-2-6-10-21/h1-14H,15-18H2. The largest absolute Gasteiger partial charge is 0.419 e. The third kappa shape index (κ3) is 4.21. The molecular weight excluding hydrogens is 441 g/mol. The van der Waals surface area contributed by atoms with Crippen LogP contribution in [0.25, 0.3) is 11.5 Å². The number of benzene rings is 3. The van der Waals surface area contributed by atoms with Crippen molar-refractivity contribution >= 4 is 21.4 Å². The van der Waals surface area contributed by atoms with Gasteiger partial charge in [0.2, 0.25) is 26.6 Å². The van der Waals surface area contributed by atoms with Crippen molar-refractivity contribution in [2.24, 2.45) is 0 Å². The Morgan fingerprint density at radius 1 is 0.758 bits per heavy atom. The molecule has 0 saturated carbocycles. The number of nitrogens with zero attached hydrogens (tertiary/aromatic N) is 3. The highest BCUT2D eigenvalue weighted by Gasteiger charge is 2.33. The Morgan fingerprint density at radius 2 is 1.33 bits per heavy atom. The predicted octanol–water partition coefficient (Wildman–Crippen LogP) is 4.64. The molecule has 1 aliphatic heterocycles. The molecule has 1 aliphatic rings. The van der Waals surface area contributed by atoms with Crippen LogP contribution in [0.4, 0.5) is 16.0 Å². The number of aromatic nitrogens is 1. The summed E-state index contributed by atoms with van der Waals surface area (Å²) >= 11 is 0. The third-order valence-corrected chi connectivity index (χ3v) is 7.33. The second-order valence-electron chi connectivity index (χ2n) is 7.76. The summed E-state index contributed by atoms with van der Waals surface area (Å²) in [4.78, 5) is 8.53. The van der Waals surface area contributed by atoms with Crippen molar-refractivity contribution in [2.75, 3.05) is 36.0 Å². The second kappa shape index (κ2) is 8.71. The molecule has 6 nitrogen and oxygen atoms in total. The molecule has 0 radical (unpaired) electrons. The Morgan fingerprint density at radius 3 is 1.97 bits per heavy atom. The SMILES string of the molecule is O=S(=O)(c1ccc(F)cc1)c1nc(-c2ccccc2)oc1N1CCN(c2ccccc2)CC1. The quantitative estimate of drug-likeness (QED) is 0.402. The van der Waals surface area contributed by atoms with E-state index in [9.17, 15) is 12.8 Å². The van der Waals surface area contributed by atoms with Crippen LogP contribution in [0.3, 0.4) is 0 Å². The van der Waals surface area contributed by atoms with Crippen LogP contribution >= 0.6 is 0 Å². The molecule has 1 saturated heterocycles. The van der Waals surface area contributed by atoms with E-state index >= 15 is 0 Å². The van der Waals surface area contributed by atoms with Gasteiger partial charge >= 0.3 is 0 Å². The van der Waals surface area contributed by atoms with Gasteiger partial charge in [-0.3, -0.25) is 0 Å². The van der Waals surface area contributed by atoms with Crippen molar-refractivity contribution in [3.8, 4) is 11.5 Å². The zero-order valence-electron chi connectivity index (χ0n) is 17.8. The summed E-state index contributed by atoms with van der Waals surface area (Å²) in [5, 5.41) is -0.152. The van der Waals surface area contributed by atoms with Gasteiger partial charge in [0, 0.05) is 37.4 Å². The summed E-state index contributed by atoms with van der Waals surface area (Å²) in [5.41, 5.74) is 1.81. The Labute approximate surface area is 191 Å². The maximum Gasteiger partial charge on any atom is 0.236 e. The van der Waals surface area contributed by atoms with Crippen LogP contribution in [0.1, 0.15) is 0 Å². The topological polar surface area (TPSA) is 66.7 Å². The number of hydrogen-bond donors (Lipinski definition) is 0. The van der Waals surface area contributed by atoms with E-state index in [1.54, 1.807) is 0 Å². The van der Waals surface area contributed by atoms with E-state index in [4.69, 9.17) is 4.42 Å². The summed E-state index contributed by atoms with van der Waals surface area (Å²) < 4.78 is 46.4. The van der Waals surface area contributed by atoms with Gasteiger partial charge in [0.1, 0.15) is 5.82 Å². The molecule has 2 heterocycles. The van der Waals surface area contributed by atoms with Gasteiger partial charge in [-0.2, -0.15) is 4.98 Å². The minimum atomic E-state index is -4.02. The van der Waals surface area contributed by atoms with E-state index in [0.29, 0.717) is 31.7 Å². The van der Waals surface area contributed by atoms with E-state index in [1.807, 2.05) is 53.4 Å². The molecule has 8 heteroatoms. The van der Waals surface area contributed by atoms with Crippen molar-refractivity contribution < 1.29 is 17.2 Å². The first kappa shape index (κ1) is 21.2. The average Bonchev–Trinajstić information content (AvgIpc) is 3.32. The smallest absolute Gasteiger partial charge is 0.236 e. The first-order valence-electron chi connectivity index (χ1n) is 10.6. The van der Waals surface area contributed by atoms with E-state index in [0.717, 1.165) is 17.8 Å². The first-order valence-corrected chi connectivity index (χ1v) is 12.1. The van der Waals surface area contributed by atoms with Crippen molar-refractivity contribution in [3.05, 3.63) is 90.7 Å². The molecule has 0 N–H and O–H groups in total. The normalized spacial score (nSPS) is 14.5. The Kier molecular flexibility index (Phi) is 5.60. The Hall–Kier alpha value is -3.65. The lowest BCUT2D eigenvalue weighted by molar-refractivity contribution is 0.525. The maximum atomic E-state index is 13.5. The summed E-state index contributed by atoms with van der Waals surface area (Å²) in [6, 6.07) is 24.0. The van der Waals surface area contributed by atoms with Gasteiger partial charge in [-0.15, -0.1) is 0 Å². The highest BCUT2D eigenvalue weighted by molar-refractivity contribution is 7.91. The van der Waals surface area contributed by atoms with Crippen molar-refractivity contribution in [2.45, 2.75) is 9.92 Å². The number of oxazole rings is 1. The fourth-order valence-electron chi connectivity index (χ4n) is 3.91. The predicted molar refractivity (Wildman–Crippen MR) is 125 cm³/mol. The number of para-hydroxylation sites is 1. The van der Waals surface area contributed by atoms with Gasteiger partial charge in [0.15, 0.2) is 0 Å². The van der Waals surface area contributed by atoms with E-state index in [1.165, 1.54) is 12.1 Å². The summed E-state index contributed by atoms with van der Waals surface area (Å²) in [6.45, 7) is 2.57. The van der Waals surface area contributed by atoms with Crippen molar-refractivity contribution in [1.29, 1.82) is 0 Å². The maximum absolute atomic E-state index is 13.5. The fraction of sp³-hybridized carbons (Fsp3) is 0.160. The first-order chi connectivity index (χ1) is 16.0. The lowest BCUT2D eigenvalue weighted by Crippen LogP contribution is -2.46. The zero-order chi connectivity index (χ0) is 22.8. The minimum Gasteiger partial charge on any atom is -0.419 e. The monoisotopic (exact) mass is 463 g/mol. The molecule has 0 amide bonds. The molecule has 168 valence electrons. The number of piperazine rings is 1. The molecule has 3 aromatic carbocycles. The lowest BCUT2D eigenvalue weighted by Gasteiger charge is -2.36. The summed E-state index contributed by atoms with van der Waals surface area (Å²) in [7, 11) is -4.02. The van der Waals surface area contributed by atoms with Crippen LogP contribution in [0.5, 0.6) is 0 Å². The van der Waals surface area contributed by atoms with Gasteiger partial charge in [0.05, 0.1) is 4.90 Å². The van der Waals surface area contributed by atoms with E-state index in [-0.39, 0.29) is 21.7 Å². The fourth-order valence-corrected chi connectivity index (χ4v) is 5.23. The highest BCUT2D eigenvalue weighted by atomic mass is 32.2. The number of halogens is 1. The molecule has 0 unspecified atom stereocenters. The highest BCUT2D eigenvalue weighted by Crippen LogP contribution is 2.35. The number of anilines is 2. The summed E-state index contributed by atoms with van der Waals surface area (Å²) in [5.74, 6) is -0.0565. The molecule has 33 heavy (non-hydrogen) atoms. The number of rotatable bonds is 5. The molecule has 0 aliphatic carbocycles. The van der Waals surface area contributed by atoms with E-state index < -0.39 is 15.7 Å². The van der Waals surface area contributed by atoms with Crippen molar-refractivity contribution in [3.63, 3.8) is 0 Å². The Balaban J connectivity index is 1.51. The average molecular weight is 464 g/mol. The molecule has 1 aromatic heterocycles. The molecular formula is C25H22FN3O3S. The summed E-state index contributed by atoms with van der Waals surface area (Å²) in [6.07, 6.45) is 0. The minimum absolute atomic E-state index is 0.0269. The molecule has 5 rings (SSSR count). The molecule has 1 fully saturated rings. The van der Waals surface area contributed by atoms with Crippen LogP contribution in [0.15, 0.2) is 99.3 Å². The van der Waals surface area contributed by atoms with Crippen LogP contribution in [-0.4, -0.2) is 39.6 Å². The molecule has 0 bridgehead atoms. The third-order valence-electron chi connectivity index (χ3n) is 5.67. The molecule has 0 spiro atoms. The zero-order valence-corrected chi connectivity index (χ0v) is 18.6. The second-order valence-corrected chi connectivity index (χ2v) is 9.63. The number of hydrogen-bond acceptors (Lipinski definition) is 6. The van der Waals surface area contributed by atoms with Crippen LogP contribution in [0.2, 0.25) is 0 Å². The van der Waals surface area contributed by atoms with E-state index in [2.05, 4.69) is 22.0 Å². The van der Waals surface area contributed by atoms with Crippen molar-refractivity contribution in [1.82, 2.24) is 4.98 Å². The van der Waals surface area contributed by atoms with Crippen LogP contribution in [-0.2, 0) is 9.84 Å².